The van der Waals surface area contributed by atoms with Crippen LogP contribution in [-0.4, -0.2) is 32.2 Å². The van der Waals surface area contributed by atoms with E-state index in [0.717, 1.165) is 6.42 Å². The summed E-state index contributed by atoms with van der Waals surface area (Å²) in [6, 6.07) is 3.76. The Morgan fingerprint density at radius 2 is 2.15 bits per heavy atom. The second-order valence-electron chi connectivity index (χ2n) is 7.80. The van der Waals surface area contributed by atoms with E-state index in [-0.39, 0.29) is 23.3 Å². The molecule has 2 heterocycles. The first-order chi connectivity index (χ1) is 13.0. The first-order valence-corrected chi connectivity index (χ1v) is 10.7. The predicted molar refractivity (Wildman–Crippen MR) is 109 cm³/mol. The van der Waals surface area contributed by atoms with Gasteiger partial charge in [0.25, 0.3) is 5.56 Å². The number of nitrogens with zero attached hydrogens (tertiary/aromatic N) is 3. The van der Waals surface area contributed by atoms with Crippen LogP contribution in [0.3, 0.4) is 0 Å². The van der Waals surface area contributed by atoms with Crippen LogP contribution >= 0.6 is 11.8 Å². The highest BCUT2D eigenvalue weighted by Crippen LogP contribution is 2.24. The molecule has 1 aliphatic carbocycles. The predicted octanol–water partition coefficient (Wildman–Crippen LogP) is 3.23. The van der Waals surface area contributed by atoms with Crippen molar-refractivity contribution >= 4 is 28.7 Å². The molecule has 0 saturated heterocycles. The van der Waals surface area contributed by atoms with Crippen molar-refractivity contribution in [3.05, 3.63) is 28.7 Å². The van der Waals surface area contributed by atoms with Crippen LogP contribution in [0.1, 0.15) is 46.5 Å². The minimum Gasteiger partial charge on any atom is -0.352 e. The molecule has 2 atom stereocenters. The molecule has 1 N–H and O–H groups in total. The van der Waals surface area contributed by atoms with Crippen molar-refractivity contribution in [2.24, 2.45) is 11.8 Å². The van der Waals surface area contributed by atoms with Gasteiger partial charge in [-0.3, -0.25) is 14.2 Å². The fourth-order valence-electron chi connectivity index (χ4n) is 3.58. The van der Waals surface area contributed by atoms with Gasteiger partial charge in [-0.1, -0.05) is 45.4 Å². The minimum absolute atomic E-state index is 0.00483. The summed E-state index contributed by atoms with van der Waals surface area (Å²) >= 11 is 1.32. The third-order valence-corrected chi connectivity index (χ3v) is 6.01. The van der Waals surface area contributed by atoms with Crippen molar-refractivity contribution in [3.8, 4) is 0 Å². The van der Waals surface area contributed by atoms with Gasteiger partial charge in [-0.25, -0.2) is 9.97 Å². The molecule has 3 rings (SSSR count). The summed E-state index contributed by atoms with van der Waals surface area (Å²) in [5.74, 6) is 1.08. The molecule has 0 radical (unpaired) electrons. The topological polar surface area (TPSA) is 76.9 Å². The Kier molecular flexibility index (Phi) is 6.52. The Hall–Kier alpha value is -1.89. The van der Waals surface area contributed by atoms with Gasteiger partial charge in [0, 0.05) is 18.8 Å². The summed E-state index contributed by atoms with van der Waals surface area (Å²) in [6.07, 6.45) is 6.27. The second kappa shape index (κ2) is 8.87. The van der Waals surface area contributed by atoms with Crippen molar-refractivity contribution in [2.75, 3.05) is 5.75 Å². The highest BCUT2D eigenvalue weighted by molar-refractivity contribution is 7.99. The summed E-state index contributed by atoms with van der Waals surface area (Å²) in [7, 11) is 0. The Balaban J connectivity index is 1.76. The van der Waals surface area contributed by atoms with Crippen molar-refractivity contribution in [1.82, 2.24) is 19.9 Å². The molecular weight excluding hydrogens is 360 g/mol. The van der Waals surface area contributed by atoms with E-state index >= 15 is 0 Å². The van der Waals surface area contributed by atoms with E-state index in [1.807, 2.05) is 0 Å². The molecule has 6 nitrogen and oxygen atoms in total. The number of fused-ring (bicyclic) bond motifs is 1. The van der Waals surface area contributed by atoms with E-state index in [9.17, 15) is 9.59 Å². The number of nitrogens with one attached hydrogen (secondary N) is 1. The zero-order valence-electron chi connectivity index (χ0n) is 16.3. The maximum atomic E-state index is 12.9. The molecule has 1 saturated carbocycles. The average Bonchev–Trinajstić information content (AvgIpc) is 2.64. The van der Waals surface area contributed by atoms with Crippen molar-refractivity contribution in [1.29, 1.82) is 0 Å². The molecule has 0 spiro atoms. The average molecular weight is 389 g/mol. The van der Waals surface area contributed by atoms with Crippen LogP contribution in [0.25, 0.3) is 11.0 Å². The third kappa shape index (κ3) is 4.89. The fraction of sp³-hybridized carbons (Fsp3) is 0.600. The number of hydrogen-bond acceptors (Lipinski definition) is 5. The van der Waals surface area contributed by atoms with Crippen molar-refractivity contribution in [3.63, 3.8) is 0 Å². The summed E-state index contributed by atoms with van der Waals surface area (Å²) in [5.41, 5.74) is 0.344. The number of carbonyl (C=O) groups is 1. The second-order valence-corrected chi connectivity index (χ2v) is 8.75. The summed E-state index contributed by atoms with van der Waals surface area (Å²) in [4.78, 5) is 34.1. The molecule has 1 aliphatic rings. The van der Waals surface area contributed by atoms with Gasteiger partial charge in [0.15, 0.2) is 10.8 Å². The van der Waals surface area contributed by atoms with Gasteiger partial charge in [0.05, 0.1) is 11.1 Å². The van der Waals surface area contributed by atoms with Crippen molar-refractivity contribution in [2.45, 2.75) is 64.2 Å². The Morgan fingerprint density at radius 1 is 1.37 bits per heavy atom. The van der Waals surface area contributed by atoms with Gasteiger partial charge in [0.1, 0.15) is 0 Å². The van der Waals surface area contributed by atoms with E-state index in [1.54, 1.807) is 22.9 Å². The maximum absolute atomic E-state index is 12.9. The van der Waals surface area contributed by atoms with Crippen LogP contribution in [0.4, 0.5) is 0 Å². The van der Waals surface area contributed by atoms with Crippen molar-refractivity contribution < 1.29 is 4.79 Å². The Labute approximate surface area is 164 Å². The molecular formula is C20H28N4O2S. The van der Waals surface area contributed by atoms with Gasteiger partial charge in [-0.05, 0) is 36.8 Å². The number of hydrogen-bond donors (Lipinski definition) is 1. The van der Waals surface area contributed by atoms with Crippen LogP contribution < -0.4 is 10.9 Å². The Morgan fingerprint density at radius 3 is 2.89 bits per heavy atom. The van der Waals surface area contributed by atoms with Gasteiger partial charge in [-0.2, -0.15) is 0 Å². The summed E-state index contributed by atoms with van der Waals surface area (Å²) in [5, 5.41) is 4.24. The van der Waals surface area contributed by atoms with E-state index < -0.39 is 0 Å². The highest BCUT2D eigenvalue weighted by atomic mass is 32.2. The quantitative estimate of drug-likeness (QED) is 0.607. The molecule has 1 amide bonds. The lowest BCUT2D eigenvalue weighted by Gasteiger charge is -2.29. The molecule has 1 fully saturated rings. The number of rotatable bonds is 6. The lowest BCUT2D eigenvalue weighted by Crippen LogP contribution is -2.42. The molecule has 7 heteroatoms. The third-order valence-electron chi connectivity index (χ3n) is 5.03. The highest BCUT2D eigenvalue weighted by Gasteiger charge is 2.23. The number of amides is 1. The summed E-state index contributed by atoms with van der Waals surface area (Å²) < 4.78 is 1.68. The standard InChI is InChI=1S/C20H28N4O2S/c1-13(2)11-24-19(26)15-8-6-10-21-18(15)23-20(24)27-12-17(25)22-16-9-5-4-7-14(16)3/h6,8,10,13-14,16H,4-5,7,9,11-12H2,1-3H3,(H,22,25). The number of carbonyl (C=O) groups excluding carboxylic acids is 1. The largest absolute Gasteiger partial charge is 0.352 e. The molecule has 0 aromatic carbocycles. The monoisotopic (exact) mass is 388 g/mol. The lowest BCUT2D eigenvalue weighted by molar-refractivity contribution is -0.119. The van der Waals surface area contributed by atoms with Gasteiger partial charge < -0.3 is 5.32 Å². The van der Waals surface area contributed by atoms with Gasteiger partial charge in [0.2, 0.25) is 5.91 Å². The molecule has 146 valence electrons. The number of aromatic nitrogens is 3. The Bertz CT molecular complexity index is 865. The zero-order chi connectivity index (χ0) is 19.4. The summed E-state index contributed by atoms with van der Waals surface area (Å²) in [6.45, 7) is 6.89. The first kappa shape index (κ1) is 19.9. The fourth-order valence-corrected chi connectivity index (χ4v) is 4.39. The zero-order valence-corrected chi connectivity index (χ0v) is 17.1. The molecule has 2 aromatic heterocycles. The number of pyridine rings is 1. The minimum atomic E-state index is -0.0920. The van der Waals surface area contributed by atoms with Gasteiger partial charge in [-0.15, -0.1) is 0 Å². The van der Waals surface area contributed by atoms with E-state index in [4.69, 9.17) is 0 Å². The number of thioether (sulfide) groups is 1. The molecule has 0 aliphatic heterocycles. The van der Waals surface area contributed by atoms with Gasteiger partial charge >= 0.3 is 0 Å². The maximum Gasteiger partial charge on any atom is 0.263 e. The van der Waals surface area contributed by atoms with E-state index in [1.165, 1.54) is 31.0 Å². The molecule has 27 heavy (non-hydrogen) atoms. The van der Waals surface area contributed by atoms with E-state index in [2.05, 4.69) is 36.1 Å². The van der Waals surface area contributed by atoms with Crippen LogP contribution in [0.15, 0.2) is 28.3 Å². The normalized spacial score (nSPS) is 20.1. The SMILES string of the molecule is CC(C)Cn1c(SCC(=O)NC2CCCCC2C)nc2ncccc2c1=O. The first-order valence-electron chi connectivity index (χ1n) is 9.73. The van der Waals surface area contributed by atoms with E-state index in [0.29, 0.717) is 34.6 Å². The molecule has 0 bridgehead atoms. The van der Waals surface area contributed by atoms with Crippen LogP contribution in [0, 0.1) is 11.8 Å². The smallest absolute Gasteiger partial charge is 0.263 e. The van der Waals surface area contributed by atoms with Crippen LogP contribution in [-0.2, 0) is 11.3 Å². The molecule has 2 aromatic rings. The van der Waals surface area contributed by atoms with Crippen LogP contribution in [0.5, 0.6) is 0 Å². The molecule has 2 unspecified atom stereocenters. The van der Waals surface area contributed by atoms with Crippen LogP contribution in [0.2, 0.25) is 0 Å². The lowest BCUT2D eigenvalue weighted by atomic mass is 9.86.